The number of aliphatic hydroxyl groups is 1. The molecular formula is C27H20F6N4O2. The number of aliphatic hydroxyl groups excluding tert-OH is 1. The molecule has 0 bridgehead atoms. The summed E-state index contributed by atoms with van der Waals surface area (Å²) in [6, 6.07) is 16.0. The van der Waals surface area contributed by atoms with Crippen LogP contribution >= 0.6 is 0 Å². The number of nitrogens with one attached hydrogen (secondary N) is 2. The maximum absolute atomic E-state index is 14.1. The third-order valence-corrected chi connectivity index (χ3v) is 6.24. The van der Waals surface area contributed by atoms with Crippen molar-refractivity contribution in [3.63, 3.8) is 0 Å². The molecule has 0 aliphatic carbocycles. The minimum Gasteiger partial charge on any atom is -0.368 e. The van der Waals surface area contributed by atoms with Crippen LogP contribution in [0.25, 0.3) is 21.9 Å². The van der Waals surface area contributed by atoms with E-state index >= 15 is 0 Å². The predicted octanol–water partition coefficient (Wildman–Crippen LogP) is 5.90. The number of carbonyl (C=O) groups is 1. The summed E-state index contributed by atoms with van der Waals surface area (Å²) in [5.41, 5.74) is -1.45. The number of fused-ring (bicyclic) bond motifs is 2. The predicted molar refractivity (Wildman–Crippen MR) is 131 cm³/mol. The third kappa shape index (κ3) is 5.32. The Balaban J connectivity index is 1.39. The standard InChI is InChI=1S/C27H20F6N4O2/c28-26(29,30)17-10-8-15(9-11-17)12-21(38)34-14-18-13-22(39)37-25(35-18)23(24(36-37)27(31,32)33)20-7-3-5-16-4-1-2-6-19(16)20/h1-11,13,22,35,39H,12,14H2,(H,34,38). The number of carbonyl (C=O) groups excluding carboxylic acids is 1. The van der Waals surface area contributed by atoms with Crippen molar-refractivity contribution in [2.24, 2.45) is 0 Å². The van der Waals surface area contributed by atoms with E-state index < -0.39 is 35.7 Å². The molecule has 0 saturated carbocycles. The molecule has 0 fully saturated rings. The Morgan fingerprint density at radius 2 is 1.64 bits per heavy atom. The van der Waals surface area contributed by atoms with Crippen LogP contribution in [0, 0.1) is 0 Å². The zero-order valence-electron chi connectivity index (χ0n) is 19.9. The van der Waals surface area contributed by atoms with Crippen LogP contribution in [0.1, 0.15) is 23.0 Å². The van der Waals surface area contributed by atoms with Crippen molar-refractivity contribution in [2.75, 3.05) is 11.9 Å². The molecule has 1 amide bonds. The van der Waals surface area contributed by atoms with Crippen molar-refractivity contribution in [3.8, 4) is 11.1 Å². The lowest BCUT2D eigenvalue weighted by molar-refractivity contribution is -0.141. The Morgan fingerprint density at radius 1 is 0.949 bits per heavy atom. The Morgan fingerprint density at radius 3 is 2.33 bits per heavy atom. The number of hydrogen-bond acceptors (Lipinski definition) is 4. The zero-order chi connectivity index (χ0) is 27.9. The number of benzene rings is 3. The fourth-order valence-corrected chi connectivity index (χ4v) is 4.44. The average Bonchev–Trinajstić information content (AvgIpc) is 3.27. The normalized spacial score (nSPS) is 15.5. The summed E-state index contributed by atoms with van der Waals surface area (Å²) in [4.78, 5) is 12.4. The van der Waals surface area contributed by atoms with Gasteiger partial charge in [-0.05, 0) is 40.1 Å². The zero-order valence-corrected chi connectivity index (χ0v) is 19.9. The molecule has 4 aromatic rings. The van der Waals surface area contributed by atoms with Crippen molar-refractivity contribution in [2.45, 2.75) is 25.0 Å². The number of rotatable bonds is 5. The summed E-state index contributed by atoms with van der Waals surface area (Å²) in [6.07, 6.45) is -9.87. The molecule has 3 aromatic carbocycles. The van der Waals surface area contributed by atoms with Gasteiger partial charge >= 0.3 is 12.4 Å². The van der Waals surface area contributed by atoms with Crippen molar-refractivity contribution in [1.29, 1.82) is 0 Å². The van der Waals surface area contributed by atoms with E-state index in [0.29, 0.717) is 16.3 Å². The first-order valence-electron chi connectivity index (χ1n) is 11.7. The highest BCUT2D eigenvalue weighted by Crippen LogP contribution is 2.45. The van der Waals surface area contributed by atoms with Crippen LogP contribution < -0.4 is 10.6 Å². The van der Waals surface area contributed by atoms with Crippen molar-refractivity contribution < 1.29 is 36.2 Å². The van der Waals surface area contributed by atoms with Gasteiger partial charge in [0.15, 0.2) is 11.9 Å². The lowest BCUT2D eigenvalue weighted by Gasteiger charge is -2.23. The number of amides is 1. The Kier molecular flexibility index (Phi) is 6.59. The van der Waals surface area contributed by atoms with Crippen molar-refractivity contribution >= 4 is 22.5 Å². The van der Waals surface area contributed by atoms with Gasteiger partial charge in [-0.25, -0.2) is 4.68 Å². The smallest absolute Gasteiger partial charge is 0.368 e. The van der Waals surface area contributed by atoms with Crippen LogP contribution in [-0.4, -0.2) is 27.3 Å². The Bertz CT molecular complexity index is 1570. The second-order valence-corrected chi connectivity index (χ2v) is 8.92. The molecule has 1 aliphatic heterocycles. The largest absolute Gasteiger partial charge is 0.435 e. The molecule has 1 aromatic heterocycles. The van der Waals surface area contributed by atoms with E-state index in [-0.39, 0.29) is 35.6 Å². The van der Waals surface area contributed by atoms with Gasteiger partial charge in [0.05, 0.1) is 24.1 Å². The van der Waals surface area contributed by atoms with E-state index in [0.717, 1.165) is 16.8 Å². The minimum atomic E-state index is -4.83. The number of halogens is 6. The topological polar surface area (TPSA) is 79.2 Å². The molecule has 39 heavy (non-hydrogen) atoms. The number of nitrogens with zero attached hydrogens (tertiary/aromatic N) is 2. The van der Waals surface area contributed by atoms with E-state index in [1.165, 1.54) is 24.3 Å². The van der Waals surface area contributed by atoms with E-state index in [9.17, 15) is 36.2 Å². The number of alkyl halides is 6. The van der Waals surface area contributed by atoms with Gasteiger partial charge in [0.25, 0.3) is 0 Å². The van der Waals surface area contributed by atoms with Crippen LogP contribution in [0.3, 0.4) is 0 Å². The van der Waals surface area contributed by atoms with Crippen LogP contribution in [0.5, 0.6) is 0 Å². The summed E-state index contributed by atoms with van der Waals surface area (Å²) < 4.78 is 81.3. The summed E-state index contributed by atoms with van der Waals surface area (Å²) >= 11 is 0. The third-order valence-electron chi connectivity index (χ3n) is 6.24. The summed E-state index contributed by atoms with van der Waals surface area (Å²) in [7, 11) is 0. The molecule has 1 atom stereocenters. The molecule has 202 valence electrons. The monoisotopic (exact) mass is 546 g/mol. The summed E-state index contributed by atoms with van der Waals surface area (Å²) in [5, 5.41) is 21.0. The molecule has 1 unspecified atom stereocenters. The molecule has 6 nitrogen and oxygen atoms in total. The molecule has 2 heterocycles. The van der Waals surface area contributed by atoms with E-state index in [1.54, 1.807) is 36.4 Å². The number of anilines is 1. The first-order valence-corrected chi connectivity index (χ1v) is 11.7. The fraction of sp³-hybridized carbons (Fsp3) is 0.185. The quantitative estimate of drug-likeness (QED) is 0.273. The second-order valence-electron chi connectivity index (χ2n) is 8.92. The molecular weight excluding hydrogens is 526 g/mol. The molecule has 0 spiro atoms. The first kappa shape index (κ1) is 26.3. The lowest BCUT2D eigenvalue weighted by Crippen LogP contribution is -2.31. The fourth-order valence-electron chi connectivity index (χ4n) is 4.44. The Labute approximate surface area is 217 Å². The number of aromatic nitrogens is 2. The van der Waals surface area contributed by atoms with Gasteiger partial charge in [-0.3, -0.25) is 4.79 Å². The Hall–Kier alpha value is -4.32. The van der Waals surface area contributed by atoms with E-state index in [1.807, 2.05) is 0 Å². The van der Waals surface area contributed by atoms with E-state index in [4.69, 9.17) is 0 Å². The van der Waals surface area contributed by atoms with Gasteiger partial charge in [-0.15, -0.1) is 0 Å². The average molecular weight is 546 g/mol. The highest BCUT2D eigenvalue weighted by atomic mass is 19.4. The highest BCUT2D eigenvalue weighted by molar-refractivity contribution is 6.00. The lowest BCUT2D eigenvalue weighted by atomic mass is 9.97. The highest BCUT2D eigenvalue weighted by Gasteiger charge is 2.41. The van der Waals surface area contributed by atoms with Gasteiger partial charge < -0.3 is 15.7 Å². The van der Waals surface area contributed by atoms with Crippen LogP contribution in [-0.2, 0) is 23.6 Å². The minimum absolute atomic E-state index is 0.0966. The molecule has 1 aliphatic rings. The molecule has 5 rings (SSSR count). The van der Waals surface area contributed by atoms with Crippen LogP contribution in [0.4, 0.5) is 32.2 Å². The first-order chi connectivity index (χ1) is 18.4. The summed E-state index contributed by atoms with van der Waals surface area (Å²) in [5.74, 6) is -0.628. The SMILES string of the molecule is O=C(Cc1ccc(C(F)(F)F)cc1)NCC1=CC(O)n2nc(C(F)(F)F)c(-c3cccc4ccccc34)c2N1. The maximum atomic E-state index is 14.1. The van der Waals surface area contributed by atoms with Gasteiger partial charge in [0, 0.05) is 5.70 Å². The van der Waals surface area contributed by atoms with Crippen LogP contribution in [0.2, 0.25) is 0 Å². The van der Waals surface area contributed by atoms with Gasteiger partial charge in [-0.2, -0.15) is 31.4 Å². The van der Waals surface area contributed by atoms with E-state index in [2.05, 4.69) is 15.7 Å². The molecule has 12 heteroatoms. The molecule has 0 radical (unpaired) electrons. The summed E-state index contributed by atoms with van der Waals surface area (Å²) in [6.45, 7) is -0.183. The van der Waals surface area contributed by atoms with Crippen LogP contribution in [0.15, 0.2) is 78.5 Å². The molecule has 3 N–H and O–H groups in total. The van der Waals surface area contributed by atoms with Gasteiger partial charge in [-0.1, -0.05) is 54.6 Å². The van der Waals surface area contributed by atoms with Crippen molar-refractivity contribution in [3.05, 3.63) is 95.3 Å². The van der Waals surface area contributed by atoms with Gasteiger partial charge in [0.1, 0.15) is 5.82 Å². The number of hydrogen-bond donors (Lipinski definition) is 3. The maximum Gasteiger partial charge on any atom is 0.435 e. The second kappa shape index (κ2) is 9.77. The van der Waals surface area contributed by atoms with Gasteiger partial charge in [0.2, 0.25) is 5.91 Å². The van der Waals surface area contributed by atoms with Crippen molar-refractivity contribution in [1.82, 2.24) is 15.1 Å². The molecule has 0 saturated heterocycles.